The smallest absolute Gasteiger partial charge is 0.321 e. The van der Waals surface area contributed by atoms with Crippen LogP contribution in [0.3, 0.4) is 0 Å². The molecule has 0 amide bonds. The Morgan fingerprint density at radius 3 is 2.90 bits per heavy atom. The van der Waals surface area contributed by atoms with E-state index in [1.54, 1.807) is 0 Å². The Bertz CT molecular complexity index is 606. The monoisotopic (exact) mass is 276 g/mol. The molecule has 0 aliphatic heterocycles. The van der Waals surface area contributed by atoms with Crippen molar-refractivity contribution in [2.45, 2.75) is 18.5 Å². The van der Waals surface area contributed by atoms with Crippen LogP contribution >= 0.6 is 0 Å². The number of hydrogen-bond acceptors (Lipinski definition) is 4. The second-order valence-corrected chi connectivity index (χ2v) is 5.24. The molecule has 2 aromatic rings. The third kappa shape index (κ3) is 2.98. The lowest BCUT2D eigenvalue weighted by molar-refractivity contribution is -0.138. The number of benzene rings is 1. The fourth-order valence-electron chi connectivity index (χ4n) is 2.21. The van der Waals surface area contributed by atoms with Gasteiger partial charge in [-0.15, -0.1) is 0 Å². The van der Waals surface area contributed by atoms with Crippen LogP contribution in [0, 0.1) is 0 Å². The number of aromatic amines is 1. The minimum atomic E-state index is -1.02. The summed E-state index contributed by atoms with van der Waals surface area (Å²) in [7, 11) is 0. The summed E-state index contributed by atoms with van der Waals surface area (Å²) in [4.78, 5) is 13.8. The van der Waals surface area contributed by atoms with E-state index in [4.69, 9.17) is 16.6 Å². The van der Waals surface area contributed by atoms with Crippen molar-refractivity contribution in [2.24, 2.45) is 11.5 Å². The van der Waals surface area contributed by atoms with E-state index in [2.05, 4.69) is 10.3 Å². The van der Waals surface area contributed by atoms with Gasteiger partial charge in [-0.1, -0.05) is 18.2 Å². The largest absolute Gasteiger partial charge is 0.480 e. The van der Waals surface area contributed by atoms with Gasteiger partial charge in [0.1, 0.15) is 6.04 Å². The lowest BCUT2D eigenvalue weighted by atomic mass is 9.92. The SMILES string of the molecule is C[C@@](N)(CNC[C@H](N)C(=O)O)c1c[nH]c2ccccc12. The fourth-order valence-corrected chi connectivity index (χ4v) is 2.21. The van der Waals surface area contributed by atoms with Crippen molar-refractivity contribution in [3.05, 3.63) is 36.0 Å². The van der Waals surface area contributed by atoms with Gasteiger partial charge in [0, 0.05) is 30.2 Å². The summed E-state index contributed by atoms with van der Waals surface area (Å²) in [5, 5.41) is 12.8. The first-order chi connectivity index (χ1) is 9.42. The number of carboxylic acid groups (broad SMARTS) is 1. The van der Waals surface area contributed by atoms with Gasteiger partial charge in [-0.3, -0.25) is 4.79 Å². The number of hydrogen-bond donors (Lipinski definition) is 5. The number of nitrogens with one attached hydrogen (secondary N) is 2. The van der Waals surface area contributed by atoms with E-state index in [9.17, 15) is 4.79 Å². The molecule has 0 aliphatic carbocycles. The summed E-state index contributed by atoms with van der Waals surface area (Å²) < 4.78 is 0. The van der Waals surface area contributed by atoms with Gasteiger partial charge in [0.05, 0.1) is 5.54 Å². The van der Waals surface area contributed by atoms with Crippen LogP contribution in [-0.2, 0) is 10.3 Å². The number of rotatable bonds is 6. The predicted molar refractivity (Wildman–Crippen MR) is 78.3 cm³/mol. The van der Waals surface area contributed by atoms with Crippen LogP contribution in [0.25, 0.3) is 10.9 Å². The third-order valence-electron chi connectivity index (χ3n) is 3.38. The number of aromatic nitrogens is 1. The van der Waals surface area contributed by atoms with Crippen LogP contribution in [0.1, 0.15) is 12.5 Å². The molecule has 20 heavy (non-hydrogen) atoms. The first-order valence-electron chi connectivity index (χ1n) is 6.46. The van der Waals surface area contributed by atoms with Gasteiger partial charge in [0.2, 0.25) is 0 Å². The van der Waals surface area contributed by atoms with Gasteiger partial charge >= 0.3 is 5.97 Å². The maximum Gasteiger partial charge on any atom is 0.321 e. The summed E-state index contributed by atoms with van der Waals surface area (Å²) in [6.45, 7) is 2.53. The number of para-hydroxylation sites is 1. The van der Waals surface area contributed by atoms with Crippen molar-refractivity contribution in [1.29, 1.82) is 0 Å². The molecule has 1 aromatic heterocycles. The molecule has 0 radical (unpaired) electrons. The third-order valence-corrected chi connectivity index (χ3v) is 3.38. The lowest BCUT2D eigenvalue weighted by Gasteiger charge is -2.25. The van der Waals surface area contributed by atoms with E-state index in [1.807, 2.05) is 37.4 Å². The number of fused-ring (bicyclic) bond motifs is 1. The molecule has 2 rings (SSSR count). The molecule has 0 saturated carbocycles. The number of carbonyl (C=O) groups is 1. The second kappa shape index (κ2) is 5.62. The maximum atomic E-state index is 10.7. The number of H-pyrrole nitrogens is 1. The maximum absolute atomic E-state index is 10.7. The average molecular weight is 276 g/mol. The van der Waals surface area contributed by atoms with Gasteiger partial charge < -0.3 is 26.9 Å². The van der Waals surface area contributed by atoms with Gasteiger partial charge in [-0.05, 0) is 18.6 Å². The lowest BCUT2D eigenvalue weighted by Crippen LogP contribution is -2.48. The van der Waals surface area contributed by atoms with Crippen LogP contribution in [0.4, 0.5) is 0 Å². The van der Waals surface area contributed by atoms with Gasteiger partial charge in [0.15, 0.2) is 0 Å². The highest BCUT2D eigenvalue weighted by Gasteiger charge is 2.24. The van der Waals surface area contributed by atoms with Gasteiger partial charge in [0.25, 0.3) is 0 Å². The first kappa shape index (κ1) is 14.5. The molecule has 6 nitrogen and oxygen atoms in total. The molecule has 0 unspecified atom stereocenters. The topological polar surface area (TPSA) is 117 Å². The highest BCUT2D eigenvalue weighted by Crippen LogP contribution is 2.26. The van der Waals surface area contributed by atoms with Crippen molar-refractivity contribution in [3.8, 4) is 0 Å². The minimum Gasteiger partial charge on any atom is -0.480 e. The van der Waals surface area contributed by atoms with E-state index in [0.29, 0.717) is 6.54 Å². The zero-order valence-electron chi connectivity index (χ0n) is 11.4. The molecule has 0 fully saturated rings. The predicted octanol–water partition coefficient (Wildman–Crippen LogP) is 0.343. The normalized spacial score (nSPS) is 15.9. The van der Waals surface area contributed by atoms with Crippen molar-refractivity contribution >= 4 is 16.9 Å². The summed E-state index contributed by atoms with van der Waals surface area (Å²) in [5.74, 6) is -1.02. The molecule has 0 bridgehead atoms. The number of nitrogens with two attached hydrogens (primary N) is 2. The zero-order chi connectivity index (χ0) is 14.8. The molecule has 0 spiro atoms. The standard InChI is InChI=1S/C14H20N4O2/c1-14(16,8-17-7-11(15)13(19)20)10-6-18-12-5-3-2-4-9(10)12/h2-6,11,17-18H,7-8,15-16H2,1H3,(H,19,20)/t11-,14+/m0/s1. The van der Waals surface area contributed by atoms with Crippen LogP contribution in [0.15, 0.2) is 30.5 Å². The molecule has 6 heteroatoms. The van der Waals surface area contributed by atoms with Crippen LogP contribution in [-0.4, -0.2) is 35.2 Å². The molecule has 108 valence electrons. The Morgan fingerprint density at radius 2 is 2.20 bits per heavy atom. The second-order valence-electron chi connectivity index (χ2n) is 5.24. The summed E-state index contributed by atoms with van der Waals surface area (Å²) in [6.07, 6.45) is 1.89. The van der Waals surface area contributed by atoms with Crippen LogP contribution < -0.4 is 16.8 Å². The molecule has 0 saturated heterocycles. The zero-order valence-corrected chi connectivity index (χ0v) is 11.4. The molecule has 2 atom stereocenters. The Morgan fingerprint density at radius 1 is 1.50 bits per heavy atom. The van der Waals surface area contributed by atoms with E-state index < -0.39 is 17.6 Å². The van der Waals surface area contributed by atoms with E-state index in [-0.39, 0.29) is 6.54 Å². The van der Waals surface area contributed by atoms with Crippen molar-refractivity contribution in [2.75, 3.05) is 13.1 Å². The summed E-state index contributed by atoms with van der Waals surface area (Å²) in [6, 6.07) is 7.00. The highest BCUT2D eigenvalue weighted by atomic mass is 16.4. The van der Waals surface area contributed by atoms with Gasteiger partial charge in [-0.25, -0.2) is 0 Å². The summed E-state index contributed by atoms with van der Waals surface area (Å²) >= 11 is 0. The van der Waals surface area contributed by atoms with Crippen molar-refractivity contribution < 1.29 is 9.90 Å². The minimum absolute atomic E-state index is 0.185. The number of aliphatic carboxylic acids is 1. The van der Waals surface area contributed by atoms with Crippen molar-refractivity contribution in [1.82, 2.24) is 10.3 Å². The van der Waals surface area contributed by atoms with Gasteiger partial charge in [-0.2, -0.15) is 0 Å². The van der Waals surface area contributed by atoms with Crippen molar-refractivity contribution in [3.63, 3.8) is 0 Å². The molecular weight excluding hydrogens is 256 g/mol. The van der Waals surface area contributed by atoms with Crippen LogP contribution in [0.5, 0.6) is 0 Å². The van der Waals surface area contributed by atoms with E-state index in [1.165, 1.54) is 0 Å². The molecule has 7 N–H and O–H groups in total. The Labute approximate surface area is 117 Å². The molecule has 1 heterocycles. The fraction of sp³-hybridized carbons (Fsp3) is 0.357. The van der Waals surface area contributed by atoms with E-state index >= 15 is 0 Å². The number of carboxylic acids is 1. The Hall–Kier alpha value is -1.89. The van der Waals surface area contributed by atoms with Crippen LogP contribution in [0.2, 0.25) is 0 Å². The molecular formula is C14H20N4O2. The molecule has 0 aliphatic rings. The summed E-state index contributed by atoms with van der Waals surface area (Å²) in [5.41, 5.74) is 13.2. The molecule has 1 aromatic carbocycles. The highest BCUT2D eigenvalue weighted by molar-refractivity contribution is 5.84. The Kier molecular flexibility index (Phi) is 4.08. The Balaban J connectivity index is 2.08. The average Bonchev–Trinajstić information content (AvgIpc) is 2.82. The van der Waals surface area contributed by atoms with E-state index in [0.717, 1.165) is 16.5 Å². The first-order valence-corrected chi connectivity index (χ1v) is 6.46. The quantitative estimate of drug-likeness (QED) is 0.521.